The molecule has 6 heteroatoms. The van der Waals surface area contributed by atoms with Crippen molar-refractivity contribution >= 4 is 40.0 Å². The van der Waals surface area contributed by atoms with Gasteiger partial charge >= 0.3 is 0 Å². The fourth-order valence-electron chi connectivity index (χ4n) is 1.16. The minimum Gasteiger partial charge on any atom is -0.298 e. The highest BCUT2D eigenvalue weighted by molar-refractivity contribution is 9.09. The van der Waals surface area contributed by atoms with Gasteiger partial charge in [-0.15, -0.1) is 12.6 Å². The van der Waals surface area contributed by atoms with Gasteiger partial charge in [-0.2, -0.15) is 0 Å². The first kappa shape index (κ1) is 12.2. The predicted octanol–water partition coefficient (Wildman–Crippen LogP) is 2.91. The summed E-state index contributed by atoms with van der Waals surface area (Å²) in [6.45, 7) is 1.36. The molecular formula is C9H8BrNO3S. The first-order valence-corrected chi connectivity index (χ1v) is 5.42. The molecule has 0 spiro atoms. The largest absolute Gasteiger partial charge is 0.298 e. The Morgan fingerprint density at radius 2 is 2.20 bits per heavy atom. The van der Waals surface area contributed by atoms with Gasteiger partial charge < -0.3 is 0 Å². The van der Waals surface area contributed by atoms with Gasteiger partial charge in [0.15, 0.2) is 0 Å². The normalized spacial score (nSPS) is 12.2. The van der Waals surface area contributed by atoms with Crippen molar-refractivity contribution in [3.63, 3.8) is 0 Å². The molecule has 4 nitrogen and oxygen atoms in total. The number of nitrogens with zero attached hydrogens (tertiary/aromatic N) is 1. The van der Waals surface area contributed by atoms with Crippen LogP contribution < -0.4 is 0 Å². The maximum Gasteiger partial charge on any atom is 0.275 e. The summed E-state index contributed by atoms with van der Waals surface area (Å²) in [6.07, 6.45) is 0. The van der Waals surface area contributed by atoms with Gasteiger partial charge in [-0.25, -0.2) is 0 Å². The molecule has 1 aromatic carbocycles. The number of alkyl halides is 1. The molecule has 0 bridgehead atoms. The van der Waals surface area contributed by atoms with Gasteiger partial charge in [0.1, 0.15) is 10.6 Å². The SMILES string of the molecule is CC(=O)C(Br)c1c(S)cccc1[N+](=O)[O-]. The minimum atomic E-state index is -0.688. The van der Waals surface area contributed by atoms with Crippen LogP contribution >= 0.6 is 28.6 Å². The second-order valence-electron chi connectivity index (χ2n) is 2.94. The van der Waals surface area contributed by atoms with E-state index in [0.717, 1.165) is 0 Å². The van der Waals surface area contributed by atoms with Crippen LogP contribution in [-0.2, 0) is 4.79 Å². The van der Waals surface area contributed by atoms with E-state index in [4.69, 9.17) is 0 Å². The van der Waals surface area contributed by atoms with Crippen LogP contribution in [0, 0.1) is 10.1 Å². The molecule has 0 heterocycles. The number of ketones is 1. The fourth-order valence-corrected chi connectivity index (χ4v) is 2.15. The topological polar surface area (TPSA) is 60.2 Å². The summed E-state index contributed by atoms with van der Waals surface area (Å²) in [5.41, 5.74) is 0.206. The summed E-state index contributed by atoms with van der Waals surface area (Å²) < 4.78 is 0. The van der Waals surface area contributed by atoms with Gasteiger partial charge in [-0.1, -0.05) is 22.0 Å². The van der Waals surface area contributed by atoms with E-state index in [9.17, 15) is 14.9 Å². The first-order valence-electron chi connectivity index (χ1n) is 4.06. The zero-order valence-corrected chi connectivity index (χ0v) is 10.3. The molecule has 0 radical (unpaired) electrons. The Labute approximate surface area is 100 Å². The van der Waals surface area contributed by atoms with Crippen molar-refractivity contribution in [1.82, 2.24) is 0 Å². The Morgan fingerprint density at radius 1 is 1.60 bits per heavy atom. The zero-order chi connectivity index (χ0) is 11.6. The van der Waals surface area contributed by atoms with Crippen molar-refractivity contribution in [2.75, 3.05) is 0 Å². The number of benzene rings is 1. The molecule has 80 valence electrons. The summed E-state index contributed by atoms with van der Waals surface area (Å²) in [5, 5.41) is 10.7. The van der Waals surface area contributed by atoms with Gasteiger partial charge in [0.05, 0.1) is 10.5 Å². The first-order chi connectivity index (χ1) is 6.95. The molecule has 0 aliphatic carbocycles. The van der Waals surface area contributed by atoms with E-state index in [2.05, 4.69) is 28.6 Å². The fraction of sp³-hybridized carbons (Fsp3) is 0.222. The summed E-state index contributed by atoms with van der Waals surface area (Å²) in [6, 6.07) is 4.50. The number of halogens is 1. The lowest BCUT2D eigenvalue weighted by Crippen LogP contribution is -2.05. The molecule has 0 aromatic heterocycles. The molecule has 1 aromatic rings. The van der Waals surface area contributed by atoms with E-state index in [1.54, 1.807) is 6.07 Å². The van der Waals surface area contributed by atoms with Crippen molar-refractivity contribution in [2.24, 2.45) is 0 Å². The molecule has 0 saturated heterocycles. The Morgan fingerprint density at radius 3 is 2.67 bits per heavy atom. The van der Waals surface area contributed by atoms with Crippen LogP contribution in [0.5, 0.6) is 0 Å². The van der Waals surface area contributed by atoms with Crippen LogP contribution in [0.3, 0.4) is 0 Å². The number of carbonyl (C=O) groups is 1. The maximum absolute atomic E-state index is 11.2. The van der Waals surface area contributed by atoms with Crippen LogP contribution in [0.4, 0.5) is 5.69 Å². The second-order valence-corrected chi connectivity index (χ2v) is 4.34. The third kappa shape index (κ3) is 2.57. The summed E-state index contributed by atoms with van der Waals surface area (Å²) >= 11 is 7.23. The quantitative estimate of drug-likeness (QED) is 0.403. The minimum absolute atomic E-state index is 0.0976. The Bertz CT molecular complexity index is 422. The van der Waals surface area contributed by atoms with Crippen molar-refractivity contribution < 1.29 is 9.72 Å². The van der Waals surface area contributed by atoms with Crippen molar-refractivity contribution in [2.45, 2.75) is 16.6 Å². The molecular weight excluding hydrogens is 282 g/mol. The Balaban J connectivity index is 3.37. The van der Waals surface area contributed by atoms with E-state index in [1.165, 1.54) is 19.1 Å². The molecule has 0 N–H and O–H groups in total. The number of carbonyl (C=O) groups excluding carboxylic acids is 1. The van der Waals surface area contributed by atoms with E-state index < -0.39 is 9.75 Å². The summed E-state index contributed by atoms with van der Waals surface area (Å²) in [5.74, 6) is -0.195. The van der Waals surface area contributed by atoms with E-state index >= 15 is 0 Å². The van der Waals surface area contributed by atoms with Crippen LogP contribution in [0.25, 0.3) is 0 Å². The second kappa shape index (κ2) is 4.76. The lowest BCUT2D eigenvalue weighted by atomic mass is 10.1. The highest BCUT2D eigenvalue weighted by Gasteiger charge is 2.25. The smallest absolute Gasteiger partial charge is 0.275 e. The van der Waals surface area contributed by atoms with Crippen LogP contribution in [0.2, 0.25) is 0 Å². The lowest BCUT2D eigenvalue weighted by molar-refractivity contribution is -0.385. The molecule has 0 amide bonds. The predicted molar refractivity (Wildman–Crippen MR) is 62.7 cm³/mol. The van der Waals surface area contributed by atoms with Crippen LogP contribution in [-0.4, -0.2) is 10.7 Å². The van der Waals surface area contributed by atoms with Gasteiger partial charge in [-0.3, -0.25) is 14.9 Å². The molecule has 15 heavy (non-hydrogen) atoms. The number of nitro groups is 1. The van der Waals surface area contributed by atoms with Crippen LogP contribution in [0.15, 0.2) is 23.1 Å². The lowest BCUT2D eigenvalue weighted by Gasteiger charge is -2.09. The molecule has 0 saturated carbocycles. The molecule has 1 unspecified atom stereocenters. The van der Waals surface area contributed by atoms with Crippen molar-refractivity contribution in [1.29, 1.82) is 0 Å². The zero-order valence-electron chi connectivity index (χ0n) is 7.81. The molecule has 0 fully saturated rings. The third-order valence-electron chi connectivity index (χ3n) is 1.87. The summed E-state index contributed by atoms with van der Waals surface area (Å²) in [4.78, 5) is 21.1. The highest BCUT2D eigenvalue weighted by atomic mass is 79.9. The highest BCUT2D eigenvalue weighted by Crippen LogP contribution is 2.36. The number of rotatable bonds is 3. The van der Waals surface area contributed by atoms with Crippen molar-refractivity contribution in [3.05, 3.63) is 33.9 Å². The number of Topliss-reactive ketones (excluding diaryl/α,β-unsaturated/α-hetero) is 1. The molecule has 1 atom stereocenters. The number of nitro benzene ring substituents is 1. The van der Waals surface area contributed by atoms with E-state index in [1.807, 2.05) is 0 Å². The Hall–Kier alpha value is -0.880. The van der Waals surface area contributed by atoms with Gasteiger partial charge in [0.25, 0.3) is 5.69 Å². The summed E-state index contributed by atoms with van der Waals surface area (Å²) in [7, 11) is 0. The molecule has 0 aliphatic heterocycles. The monoisotopic (exact) mass is 289 g/mol. The van der Waals surface area contributed by atoms with E-state index in [0.29, 0.717) is 10.5 Å². The van der Waals surface area contributed by atoms with Gasteiger partial charge in [0.2, 0.25) is 0 Å². The van der Waals surface area contributed by atoms with Crippen LogP contribution in [0.1, 0.15) is 17.3 Å². The van der Waals surface area contributed by atoms with Gasteiger partial charge in [0, 0.05) is 11.0 Å². The molecule has 1 rings (SSSR count). The third-order valence-corrected chi connectivity index (χ3v) is 3.36. The van der Waals surface area contributed by atoms with Crippen molar-refractivity contribution in [3.8, 4) is 0 Å². The van der Waals surface area contributed by atoms with Gasteiger partial charge in [-0.05, 0) is 13.0 Å². The standard InChI is InChI=1S/C9H8BrNO3S/c1-5(12)9(10)8-6(11(13)14)3-2-4-7(8)15/h2-4,9,15H,1H3. The average Bonchev–Trinajstić information content (AvgIpc) is 2.16. The molecule has 0 aliphatic rings. The Kier molecular flexibility index (Phi) is 3.87. The maximum atomic E-state index is 11.2. The number of thiol groups is 1. The number of hydrogen-bond acceptors (Lipinski definition) is 4. The number of hydrogen-bond donors (Lipinski definition) is 1. The van der Waals surface area contributed by atoms with E-state index in [-0.39, 0.29) is 11.5 Å². The average molecular weight is 290 g/mol.